The molecule has 2 saturated heterocycles. The van der Waals surface area contributed by atoms with Crippen molar-refractivity contribution in [2.75, 3.05) is 6.23 Å². The highest BCUT2D eigenvalue weighted by molar-refractivity contribution is 7.93. The van der Waals surface area contributed by atoms with Crippen molar-refractivity contribution in [1.82, 2.24) is 0 Å². The van der Waals surface area contributed by atoms with Gasteiger partial charge in [-0.25, -0.2) is 0 Å². The summed E-state index contributed by atoms with van der Waals surface area (Å²) in [6, 6.07) is 0. The smallest absolute Gasteiger partial charge is 0.170 e. The molecule has 2 fully saturated rings. The highest BCUT2D eigenvalue weighted by Gasteiger charge is 2.70. The van der Waals surface area contributed by atoms with Gasteiger partial charge in [0.15, 0.2) is 23.5 Å². The molecule has 2 aliphatic heterocycles. The summed E-state index contributed by atoms with van der Waals surface area (Å²) in [5.41, 5.74) is 0. The normalized spacial score (nSPS) is 33.0. The van der Waals surface area contributed by atoms with E-state index in [0.29, 0.717) is 0 Å². The fourth-order valence-corrected chi connectivity index (χ4v) is 189. The van der Waals surface area contributed by atoms with Gasteiger partial charge in [-0.15, -0.1) is 0 Å². The monoisotopic (exact) mass is 568 g/mol. The summed E-state index contributed by atoms with van der Waals surface area (Å²) in [5.74, 6) is 0. The van der Waals surface area contributed by atoms with Crippen LogP contribution in [0.4, 0.5) is 0 Å². The minimum atomic E-state index is -1.38. The fourth-order valence-electron chi connectivity index (χ4n) is 5.50. The maximum absolute atomic E-state index is 6.86. The maximum atomic E-state index is 6.86. The number of hydrogen-bond acceptors (Lipinski definition) is 2. The Labute approximate surface area is 198 Å². The van der Waals surface area contributed by atoms with Crippen molar-refractivity contribution >= 4 is 66.6 Å². The Morgan fingerprint density at radius 2 is 0.667 bits per heavy atom. The van der Waals surface area contributed by atoms with Crippen LogP contribution in [-0.2, 0) is 8.54 Å². The van der Waals surface area contributed by atoms with E-state index in [-0.39, 0.29) is 0 Å². The van der Waals surface area contributed by atoms with Crippen LogP contribution in [0.1, 0.15) is 0 Å². The molecule has 30 heavy (non-hydrogen) atoms. The molecule has 2 heterocycles. The molecule has 0 radical (unpaired) electrons. The van der Waals surface area contributed by atoms with Crippen LogP contribution in [0.2, 0.25) is 118 Å². The van der Waals surface area contributed by atoms with Crippen LogP contribution in [-0.4, -0.2) is 72.9 Å². The van der Waals surface area contributed by atoms with Gasteiger partial charge in [0.25, 0.3) is 0 Å². The molecule has 0 spiro atoms. The Balaban J connectivity index is 0.000000303. The van der Waals surface area contributed by atoms with Gasteiger partial charge in [0.05, 0.1) is 28.9 Å². The molecule has 0 saturated carbocycles. The standard InChI is InChI=1S/C10H30OSi5.C9H26OSi4/c1-12(2)11-13(3,4)15(7,8)16(9,10)14(12,5)6;1-11(2)9-10-12(3,4)14(7,8)13(11,5)6/h1-10H3;9H2,1-8H3. The van der Waals surface area contributed by atoms with Gasteiger partial charge in [-0.2, -0.15) is 0 Å². The molecule has 2 aliphatic rings. The number of hydrogen-bond donors (Lipinski definition) is 0. The largest absolute Gasteiger partial charge is 0.460 e. The van der Waals surface area contributed by atoms with E-state index in [2.05, 4.69) is 118 Å². The molecule has 0 aromatic carbocycles. The van der Waals surface area contributed by atoms with E-state index in [4.69, 9.17) is 8.54 Å². The van der Waals surface area contributed by atoms with E-state index >= 15 is 0 Å². The van der Waals surface area contributed by atoms with Crippen LogP contribution in [0.15, 0.2) is 0 Å². The Hall–Kier alpha value is 1.87. The van der Waals surface area contributed by atoms with Gasteiger partial charge in [0.1, 0.15) is 0 Å². The predicted octanol–water partition coefficient (Wildman–Crippen LogP) is 6.99. The SMILES string of the molecule is C[Si]1(C)CO[Si](C)(C)[Si](C)(C)[Si]1(C)C.C[Si]1(C)O[Si](C)(C)[Si](C)(C)[Si](C)(C)[Si]1(C)C. The predicted molar refractivity (Wildman–Crippen MR) is 164 cm³/mol. The lowest BCUT2D eigenvalue weighted by Gasteiger charge is -2.65. The van der Waals surface area contributed by atoms with Crippen molar-refractivity contribution in [3.05, 3.63) is 0 Å². The van der Waals surface area contributed by atoms with Crippen LogP contribution < -0.4 is 0 Å². The first-order valence-electron chi connectivity index (χ1n) is 12.0. The summed E-state index contributed by atoms with van der Waals surface area (Å²) < 4.78 is 13.2. The second-order valence-electron chi connectivity index (χ2n) is 14.9. The van der Waals surface area contributed by atoms with E-state index < -0.39 is 66.6 Å². The lowest BCUT2D eigenvalue weighted by atomic mass is 11.7. The Morgan fingerprint density at radius 3 is 0.967 bits per heavy atom. The van der Waals surface area contributed by atoms with Crippen molar-refractivity contribution in [3.8, 4) is 0 Å². The molecule has 0 amide bonds. The van der Waals surface area contributed by atoms with E-state index in [9.17, 15) is 0 Å². The molecule has 2 rings (SSSR count). The van der Waals surface area contributed by atoms with Gasteiger partial charge < -0.3 is 8.54 Å². The summed E-state index contributed by atoms with van der Waals surface area (Å²) in [7, 11) is -10.4. The lowest BCUT2D eigenvalue weighted by Crippen LogP contribution is -2.91. The van der Waals surface area contributed by atoms with Gasteiger partial charge in [0.2, 0.25) is 0 Å². The zero-order valence-corrected chi connectivity index (χ0v) is 33.0. The van der Waals surface area contributed by atoms with E-state index in [1.165, 1.54) is 0 Å². The van der Waals surface area contributed by atoms with Gasteiger partial charge in [0, 0.05) is 20.4 Å². The molecule has 0 unspecified atom stereocenters. The fraction of sp³-hybridized carbons (Fsp3) is 1.00. The van der Waals surface area contributed by atoms with Crippen LogP contribution in [0.3, 0.4) is 0 Å². The first-order valence-corrected chi connectivity index (χ1v) is 45.9. The lowest BCUT2D eigenvalue weighted by molar-refractivity contribution is 0.381. The molecule has 0 aliphatic carbocycles. The third-order valence-electron chi connectivity index (χ3n) is 12.2. The minimum absolute atomic E-state index is 0.967. The van der Waals surface area contributed by atoms with Crippen molar-refractivity contribution in [2.45, 2.75) is 118 Å². The van der Waals surface area contributed by atoms with Crippen LogP contribution in [0.5, 0.6) is 0 Å². The van der Waals surface area contributed by atoms with Crippen LogP contribution in [0.25, 0.3) is 0 Å². The first-order chi connectivity index (χ1) is 12.7. The third-order valence-corrected chi connectivity index (χ3v) is 171. The summed E-state index contributed by atoms with van der Waals surface area (Å²) in [6.45, 7) is 46.8. The Morgan fingerprint density at radius 1 is 0.367 bits per heavy atom. The second kappa shape index (κ2) is 7.95. The van der Waals surface area contributed by atoms with E-state index in [1.807, 2.05) is 0 Å². The maximum Gasteiger partial charge on any atom is 0.170 e. The molecule has 2 nitrogen and oxygen atoms in total. The average Bonchev–Trinajstić information content (AvgIpc) is 2.49. The molecule has 180 valence electrons. The Bertz CT molecular complexity index is 611. The van der Waals surface area contributed by atoms with Crippen molar-refractivity contribution in [3.63, 3.8) is 0 Å². The minimum Gasteiger partial charge on any atom is -0.460 e. The average molecular weight is 569 g/mol. The summed E-state index contributed by atoms with van der Waals surface area (Å²) in [4.78, 5) is 0. The highest BCUT2D eigenvalue weighted by Crippen LogP contribution is 2.46. The zero-order valence-electron chi connectivity index (χ0n) is 24.0. The third kappa shape index (κ3) is 4.11. The van der Waals surface area contributed by atoms with E-state index in [0.717, 1.165) is 6.23 Å². The molecule has 0 aromatic rings. The molecular weight excluding hydrogens is 513 g/mol. The summed E-state index contributed by atoms with van der Waals surface area (Å²) in [6.07, 6.45) is 1.15. The first kappa shape index (κ1) is 29.9. The second-order valence-corrected chi connectivity index (χ2v) is 105. The van der Waals surface area contributed by atoms with Gasteiger partial charge in [-0.3, -0.25) is 0 Å². The molecule has 0 aromatic heterocycles. The van der Waals surface area contributed by atoms with E-state index in [1.54, 1.807) is 0 Å². The molecular formula is C19H56O2Si9. The molecule has 0 bridgehead atoms. The van der Waals surface area contributed by atoms with Crippen molar-refractivity contribution in [1.29, 1.82) is 0 Å². The summed E-state index contributed by atoms with van der Waals surface area (Å²) in [5, 5.41) is 0. The molecule has 11 heteroatoms. The zero-order chi connectivity index (χ0) is 24.6. The number of rotatable bonds is 0. The van der Waals surface area contributed by atoms with Gasteiger partial charge in [-0.1, -0.05) is 78.6 Å². The molecule has 0 atom stereocenters. The topological polar surface area (TPSA) is 18.5 Å². The molecule has 0 N–H and O–H groups in total. The van der Waals surface area contributed by atoms with Crippen LogP contribution >= 0.6 is 0 Å². The van der Waals surface area contributed by atoms with Crippen LogP contribution in [0, 0.1) is 0 Å². The summed E-state index contributed by atoms with van der Waals surface area (Å²) >= 11 is 0. The van der Waals surface area contributed by atoms with Gasteiger partial charge in [-0.05, 0) is 39.3 Å². The van der Waals surface area contributed by atoms with Crippen molar-refractivity contribution in [2.24, 2.45) is 0 Å². The highest BCUT2D eigenvalue weighted by atomic mass is 30.0. The van der Waals surface area contributed by atoms with Crippen molar-refractivity contribution < 1.29 is 8.54 Å². The quantitative estimate of drug-likeness (QED) is 0.293. The van der Waals surface area contributed by atoms with Gasteiger partial charge >= 0.3 is 0 Å². The Kier molecular flexibility index (Phi) is 7.92.